The molecule has 0 aliphatic carbocycles. The Labute approximate surface area is 113 Å². The number of carbonyl (C=O) groups is 1. The molecule has 1 unspecified atom stereocenters. The van der Waals surface area contributed by atoms with E-state index in [-0.39, 0.29) is 11.6 Å². The van der Waals surface area contributed by atoms with E-state index in [1.54, 1.807) is 20.8 Å². The maximum absolute atomic E-state index is 12.1. The Bertz CT molecular complexity index is 578. The number of aromatic nitrogens is 1. The van der Waals surface area contributed by atoms with Crippen molar-refractivity contribution in [2.75, 3.05) is 6.61 Å². The van der Waals surface area contributed by atoms with Gasteiger partial charge in [-0.25, -0.2) is 4.79 Å². The molecular formula is C15H19NO3. The van der Waals surface area contributed by atoms with Gasteiger partial charge in [0.15, 0.2) is 0 Å². The Hall–Kier alpha value is -2.02. The molecule has 1 heterocycles. The van der Waals surface area contributed by atoms with Crippen LogP contribution in [-0.4, -0.2) is 17.1 Å². The van der Waals surface area contributed by atoms with Gasteiger partial charge in [-0.05, 0) is 32.8 Å². The standard InChI is InChI=1S/C15H19NO3/c1-6-12(7-2)16-11(5)14(15(18)19-8-3)10(4)9-13(16)17/h1,9,12H,7-8H2,2-5H3. The van der Waals surface area contributed by atoms with Crippen LogP contribution in [0, 0.1) is 26.2 Å². The molecule has 0 spiro atoms. The van der Waals surface area contributed by atoms with Crippen LogP contribution in [0.4, 0.5) is 0 Å². The second-order valence-electron chi connectivity index (χ2n) is 4.31. The molecule has 1 atom stereocenters. The summed E-state index contributed by atoms with van der Waals surface area (Å²) in [5.74, 6) is 2.16. The average molecular weight is 261 g/mol. The van der Waals surface area contributed by atoms with Crippen molar-refractivity contribution in [1.82, 2.24) is 4.57 Å². The Balaban J connectivity index is 3.52. The number of terminal acetylenes is 1. The Morgan fingerprint density at radius 2 is 2.11 bits per heavy atom. The molecule has 19 heavy (non-hydrogen) atoms. The molecule has 0 saturated carbocycles. The van der Waals surface area contributed by atoms with E-state index in [4.69, 9.17) is 11.2 Å². The Kier molecular flexibility index (Phi) is 4.94. The fourth-order valence-electron chi connectivity index (χ4n) is 2.17. The summed E-state index contributed by atoms with van der Waals surface area (Å²) in [6.07, 6.45) is 6.08. The normalized spacial score (nSPS) is 11.7. The molecule has 0 aromatic carbocycles. The number of carbonyl (C=O) groups excluding carboxylic acids is 1. The van der Waals surface area contributed by atoms with Gasteiger partial charge in [-0.3, -0.25) is 9.36 Å². The van der Waals surface area contributed by atoms with Crippen LogP contribution in [0.5, 0.6) is 0 Å². The molecular weight excluding hydrogens is 242 g/mol. The largest absolute Gasteiger partial charge is 0.462 e. The SMILES string of the molecule is C#CC(CC)n1c(C)c(C(=O)OCC)c(C)cc1=O. The minimum absolute atomic E-state index is 0.187. The van der Waals surface area contributed by atoms with Gasteiger partial charge in [-0.15, -0.1) is 6.42 Å². The van der Waals surface area contributed by atoms with Gasteiger partial charge >= 0.3 is 5.97 Å². The Morgan fingerprint density at radius 3 is 2.58 bits per heavy atom. The van der Waals surface area contributed by atoms with Gasteiger partial charge in [-0.1, -0.05) is 12.8 Å². The number of hydrogen-bond donors (Lipinski definition) is 0. The molecule has 4 nitrogen and oxygen atoms in total. The highest BCUT2D eigenvalue weighted by Crippen LogP contribution is 2.17. The topological polar surface area (TPSA) is 48.3 Å². The van der Waals surface area contributed by atoms with Crippen LogP contribution < -0.4 is 5.56 Å². The lowest BCUT2D eigenvalue weighted by Gasteiger charge is -2.19. The predicted molar refractivity (Wildman–Crippen MR) is 74.3 cm³/mol. The third kappa shape index (κ3) is 2.87. The van der Waals surface area contributed by atoms with Crippen molar-refractivity contribution in [1.29, 1.82) is 0 Å². The summed E-state index contributed by atoms with van der Waals surface area (Å²) in [4.78, 5) is 24.0. The maximum atomic E-state index is 12.1. The van der Waals surface area contributed by atoms with Crippen molar-refractivity contribution in [3.8, 4) is 12.3 Å². The van der Waals surface area contributed by atoms with Crippen LogP contribution in [0.1, 0.15) is 47.9 Å². The van der Waals surface area contributed by atoms with Crippen LogP contribution in [0.25, 0.3) is 0 Å². The van der Waals surface area contributed by atoms with Crippen molar-refractivity contribution in [3.05, 3.63) is 33.2 Å². The number of pyridine rings is 1. The first kappa shape index (κ1) is 15.0. The molecule has 0 aliphatic rings. The number of rotatable bonds is 4. The molecule has 0 N–H and O–H groups in total. The van der Waals surface area contributed by atoms with Crippen molar-refractivity contribution in [3.63, 3.8) is 0 Å². The van der Waals surface area contributed by atoms with Crippen LogP contribution in [0.15, 0.2) is 10.9 Å². The molecule has 0 fully saturated rings. The van der Waals surface area contributed by atoms with E-state index in [9.17, 15) is 9.59 Å². The molecule has 0 radical (unpaired) electrons. The van der Waals surface area contributed by atoms with Gasteiger partial charge in [0, 0.05) is 11.8 Å². The summed E-state index contributed by atoms with van der Waals surface area (Å²) in [5.41, 5.74) is 1.42. The zero-order valence-corrected chi connectivity index (χ0v) is 11.8. The lowest BCUT2D eigenvalue weighted by atomic mass is 10.1. The predicted octanol–water partition coefficient (Wildman–Crippen LogP) is 2.23. The fourth-order valence-corrected chi connectivity index (χ4v) is 2.17. The molecule has 102 valence electrons. The highest BCUT2D eigenvalue weighted by molar-refractivity contribution is 5.92. The van der Waals surface area contributed by atoms with Gasteiger partial charge in [0.2, 0.25) is 0 Å². The highest BCUT2D eigenvalue weighted by Gasteiger charge is 2.20. The number of ether oxygens (including phenoxy) is 1. The molecule has 1 rings (SSSR count). The zero-order valence-electron chi connectivity index (χ0n) is 11.8. The smallest absolute Gasteiger partial charge is 0.340 e. The van der Waals surface area contributed by atoms with Crippen LogP contribution in [0.2, 0.25) is 0 Å². The van der Waals surface area contributed by atoms with E-state index >= 15 is 0 Å². The second-order valence-corrected chi connectivity index (χ2v) is 4.31. The van der Waals surface area contributed by atoms with E-state index in [2.05, 4.69) is 5.92 Å². The van der Waals surface area contributed by atoms with E-state index in [1.807, 2.05) is 6.92 Å². The van der Waals surface area contributed by atoms with Gasteiger partial charge in [-0.2, -0.15) is 0 Å². The number of aryl methyl sites for hydroxylation is 1. The molecule has 0 bridgehead atoms. The Morgan fingerprint density at radius 1 is 1.47 bits per heavy atom. The lowest BCUT2D eigenvalue weighted by molar-refractivity contribution is 0.0523. The first-order chi connectivity index (χ1) is 8.97. The number of esters is 1. The summed E-state index contributed by atoms with van der Waals surface area (Å²) in [6.45, 7) is 7.39. The summed E-state index contributed by atoms with van der Waals surface area (Å²) >= 11 is 0. The summed E-state index contributed by atoms with van der Waals surface area (Å²) in [7, 11) is 0. The minimum Gasteiger partial charge on any atom is -0.462 e. The molecule has 4 heteroatoms. The van der Waals surface area contributed by atoms with E-state index in [0.29, 0.717) is 29.8 Å². The maximum Gasteiger partial charge on any atom is 0.340 e. The van der Waals surface area contributed by atoms with Gasteiger partial charge < -0.3 is 4.74 Å². The highest BCUT2D eigenvalue weighted by atomic mass is 16.5. The van der Waals surface area contributed by atoms with E-state index in [1.165, 1.54) is 10.6 Å². The molecule has 0 aliphatic heterocycles. The first-order valence-electron chi connectivity index (χ1n) is 6.33. The van der Waals surface area contributed by atoms with Crippen LogP contribution in [-0.2, 0) is 4.74 Å². The van der Waals surface area contributed by atoms with Crippen LogP contribution in [0.3, 0.4) is 0 Å². The van der Waals surface area contributed by atoms with E-state index in [0.717, 1.165) is 0 Å². The summed E-state index contributed by atoms with van der Waals surface area (Å²) in [5, 5.41) is 0. The fraction of sp³-hybridized carbons (Fsp3) is 0.467. The third-order valence-electron chi connectivity index (χ3n) is 3.07. The number of hydrogen-bond acceptors (Lipinski definition) is 3. The van der Waals surface area contributed by atoms with Crippen molar-refractivity contribution < 1.29 is 9.53 Å². The van der Waals surface area contributed by atoms with E-state index < -0.39 is 5.97 Å². The third-order valence-corrected chi connectivity index (χ3v) is 3.07. The molecule has 1 aromatic heterocycles. The summed E-state index contributed by atoms with van der Waals surface area (Å²) < 4.78 is 6.51. The molecule has 0 saturated heterocycles. The van der Waals surface area contributed by atoms with Crippen molar-refractivity contribution in [2.24, 2.45) is 0 Å². The van der Waals surface area contributed by atoms with Crippen molar-refractivity contribution in [2.45, 2.75) is 40.2 Å². The van der Waals surface area contributed by atoms with Crippen LogP contribution >= 0.6 is 0 Å². The summed E-state index contributed by atoms with van der Waals surface area (Å²) in [6, 6.07) is 1.08. The lowest BCUT2D eigenvalue weighted by Crippen LogP contribution is -2.29. The minimum atomic E-state index is -0.418. The molecule has 1 aromatic rings. The average Bonchev–Trinajstić information content (AvgIpc) is 2.34. The van der Waals surface area contributed by atoms with Crippen molar-refractivity contribution >= 4 is 5.97 Å². The van der Waals surface area contributed by atoms with Gasteiger partial charge in [0.1, 0.15) is 0 Å². The second kappa shape index (κ2) is 6.24. The van der Waals surface area contributed by atoms with Gasteiger partial charge in [0.05, 0.1) is 18.2 Å². The monoisotopic (exact) mass is 261 g/mol. The number of nitrogens with zero attached hydrogens (tertiary/aromatic N) is 1. The molecule has 0 amide bonds. The zero-order chi connectivity index (χ0) is 14.6. The quantitative estimate of drug-likeness (QED) is 0.617. The van der Waals surface area contributed by atoms with Gasteiger partial charge in [0.25, 0.3) is 5.56 Å². The first-order valence-corrected chi connectivity index (χ1v) is 6.33.